The number of alkyl halides is 3. The highest BCUT2D eigenvalue weighted by molar-refractivity contribution is 6.00. The van der Waals surface area contributed by atoms with E-state index in [9.17, 15) is 18.0 Å². The number of hydrogen-bond acceptors (Lipinski definition) is 3. The SMILES string of the molecule is O=C1CCc2cc(OC3CCN(c4ccc(C(F)(F)F)cc4)CC3)ccc21. The molecule has 142 valence electrons. The molecule has 2 aromatic rings. The van der Waals surface area contributed by atoms with Crippen LogP contribution in [0.15, 0.2) is 42.5 Å². The summed E-state index contributed by atoms with van der Waals surface area (Å²) in [7, 11) is 0. The Labute approximate surface area is 155 Å². The third kappa shape index (κ3) is 3.80. The Hall–Kier alpha value is -2.50. The Kier molecular flexibility index (Phi) is 4.58. The highest BCUT2D eigenvalue weighted by atomic mass is 19.4. The van der Waals surface area contributed by atoms with Crippen LogP contribution in [0.5, 0.6) is 5.75 Å². The zero-order valence-electron chi connectivity index (χ0n) is 14.8. The molecule has 0 bridgehead atoms. The molecule has 6 heteroatoms. The highest BCUT2D eigenvalue weighted by Gasteiger charge is 2.30. The van der Waals surface area contributed by atoms with Crippen molar-refractivity contribution in [3.8, 4) is 5.75 Å². The van der Waals surface area contributed by atoms with Gasteiger partial charge in [0.1, 0.15) is 11.9 Å². The maximum atomic E-state index is 12.7. The summed E-state index contributed by atoms with van der Waals surface area (Å²) in [5.74, 6) is 0.984. The number of halogens is 3. The molecule has 1 fully saturated rings. The van der Waals surface area contributed by atoms with E-state index in [2.05, 4.69) is 4.90 Å². The summed E-state index contributed by atoms with van der Waals surface area (Å²) in [6, 6.07) is 11.0. The lowest BCUT2D eigenvalue weighted by Gasteiger charge is -2.34. The predicted octanol–water partition coefficient (Wildman–Crippen LogP) is 4.88. The molecule has 1 heterocycles. The minimum Gasteiger partial charge on any atom is -0.490 e. The minimum atomic E-state index is -4.31. The quantitative estimate of drug-likeness (QED) is 0.766. The van der Waals surface area contributed by atoms with Crippen molar-refractivity contribution in [1.29, 1.82) is 0 Å². The van der Waals surface area contributed by atoms with Crippen LogP contribution < -0.4 is 9.64 Å². The van der Waals surface area contributed by atoms with Gasteiger partial charge < -0.3 is 9.64 Å². The number of aryl methyl sites for hydroxylation is 1. The van der Waals surface area contributed by atoms with Crippen LogP contribution >= 0.6 is 0 Å². The lowest BCUT2D eigenvalue weighted by Crippen LogP contribution is -2.38. The number of benzene rings is 2. The highest BCUT2D eigenvalue weighted by Crippen LogP contribution is 2.32. The van der Waals surface area contributed by atoms with Gasteiger partial charge in [0, 0.05) is 43.6 Å². The number of ether oxygens (including phenoxy) is 1. The molecule has 3 nitrogen and oxygen atoms in total. The Morgan fingerprint density at radius 1 is 0.963 bits per heavy atom. The number of nitrogens with zero attached hydrogens (tertiary/aromatic N) is 1. The first-order valence-corrected chi connectivity index (χ1v) is 9.15. The van der Waals surface area contributed by atoms with Crippen LogP contribution in [0.1, 0.15) is 40.7 Å². The summed E-state index contributed by atoms with van der Waals surface area (Å²) in [5, 5.41) is 0. The summed E-state index contributed by atoms with van der Waals surface area (Å²) in [6.45, 7) is 1.47. The van der Waals surface area contributed by atoms with Gasteiger partial charge in [0.15, 0.2) is 5.78 Å². The summed E-state index contributed by atoms with van der Waals surface area (Å²) in [5.41, 5.74) is 2.04. The van der Waals surface area contributed by atoms with E-state index < -0.39 is 11.7 Å². The van der Waals surface area contributed by atoms with Crippen molar-refractivity contribution in [2.75, 3.05) is 18.0 Å². The van der Waals surface area contributed by atoms with Crippen molar-refractivity contribution in [3.05, 3.63) is 59.2 Å². The van der Waals surface area contributed by atoms with Gasteiger partial charge in [-0.15, -0.1) is 0 Å². The fourth-order valence-electron chi connectivity index (χ4n) is 3.79. The molecule has 1 aliphatic carbocycles. The van der Waals surface area contributed by atoms with Crippen LogP contribution in [-0.2, 0) is 12.6 Å². The van der Waals surface area contributed by atoms with E-state index in [0.717, 1.165) is 67.0 Å². The molecule has 0 N–H and O–H groups in total. The van der Waals surface area contributed by atoms with Gasteiger partial charge in [-0.25, -0.2) is 0 Å². The number of ketones is 1. The maximum absolute atomic E-state index is 12.7. The second-order valence-corrected chi connectivity index (χ2v) is 7.09. The summed E-state index contributed by atoms with van der Waals surface area (Å²) in [6.07, 6.45) is -1.28. The first-order chi connectivity index (χ1) is 12.9. The molecule has 0 saturated carbocycles. The van der Waals surface area contributed by atoms with Crippen LogP contribution in [0.3, 0.4) is 0 Å². The van der Waals surface area contributed by atoms with Gasteiger partial charge in [0.25, 0.3) is 0 Å². The molecule has 0 unspecified atom stereocenters. The predicted molar refractivity (Wildman–Crippen MR) is 96.4 cm³/mol. The molecule has 0 amide bonds. The number of rotatable bonds is 3. The first-order valence-electron chi connectivity index (χ1n) is 9.15. The van der Waals surface area contributed by atoms with Crippen molar-refractivity contribution < 1.29 is 22.7 Å². The zero-order chi connectivity index (χ0) is 19.0. The van der Waals surface area contributed by atoms with E-state index in [1.807, 2.05) is 18.2 Å². The van der Waals surface area contributed by atoms with Crippen LogP contribution in [-0.4, -0.2) is 25.0 Å². The summed E-state index contributed by atoms with van der Waals surface area (Å²) >= 11 is 0. The fourth-order valence-corrected chi connectivity index (χ4v) is 3.79. The van der Waals surface area contributed by atoms with E-state index in [4.69, 9.17) is 4.74 Å². The molecule has 4 rings (SSSR count). The average Bonchev–Trinajstić information content (AvgIpc) is 3.02. The Morgan fingerprint density at radius 2 is 1.67 bits per heavy atom. The standard InChI is InChI=1S/C21H20F3NO2/c22-21(23,24)15-2-4-16(5-3-15)25-11-9-17(10-12-25)27-18-6-7-19-14(13-18)1-8-20(19)26/h2-7,13,17H,1,8-12H2. The number of piperidine rings is 1. The lowest BCUT2D eigenvalue weighted by atomic mass is 10.1. The fraction of sp³-hybridized carbons (Fsp3) is 0.381. The second-order valence-electron chi connectivity index (χ2n) is 7.09. The number of anilines is 1. The number of fused-ring (bicyclic) bond motifs is 1. The number of hydrogen-bond donors (Lipinski definition) is 0. The number of carbonyl (C=O) groups is 1. The van der Waals surface area contributed by atoms with Crippen molar-refractivity contribution in [2.45, 2.75) is 38.0 Å². The molecule has 2 aliphatic rings. The molecule has 1 saturated heterocycles. The van der Waals surface area contributed by atoms with Crippen molar-refractivity contribution in [1.82, 2.24) is 0 Å². The first kappa shape index (κ1) is 17.9. The van der Waals surface area contributed by atoms with E-state index in [-0.39, 0.29) is 11.9 Å². The lowest BCUT2D eigenvalue weighted by molar-refractivity contribution is -0.137. The van der Waals surface area contributed by atoms with Gasteiger partial charge in [0.05, 0.1) is 5.56 Å². The molecule has 2 aromatic carbocycles. The minimum absolute atomic E-state index is 0.0749. The largest absolute Gasteiger partial charge is 0.490 e. The maximum Gasteiger partial charge on any atom is 0.416 e. The van der Waals surface area contributed by atoms with Crippen LogP contribution in [0, 0.1) is 0 Å². The molecule has 27 heavy (non-hydrogen) atoms. The van der Waals surface area contributed by atoms with E-state index in [1.54, 1.807) is 0 Å². The van der Waals surface area contributed by atoms with Crippen LogP contribution in [0.2, 0.25) is 0 Å². The molecule has 1 aliphatic heterocycles. The van der Waals surface area contributed by atoms with Crippen LogP contribution in [0.4, 0.5) is 18.9 Å². The number of Topliss-reactive ketones (excluding diaryl/α,β-unsaturated/α-hetero) is 1. The monoisotopic (exact) mass is 375 g/mol. The summed E-state index contributed by atoms with van der Waals surface area (Å²) in [4.78, 5) is 13.8. The Morgan fingerprint density at radius 3 is 2.33 bits per heavy atom. The van der Waals surface area contributed by atoms with E-state index in [0.29, 0.717) is 6.42 Å². The summed E-state index contributed by atoms with van der Waals surface area (Å²) < 4.78 is 44.1. The molecular formula is C21H20F3NO2. The van der Waals surface area contributed by atoms with Gasteiger partial charge in [-0.05, 0) is 54.4 Å². The molecule has 0 radical (unpaired) electrons. The third-order valence-corrected chi connectivity index (χ3v) is 5.30. The van der Waals surface area contributed by atoms with Gasteiger partial charge >= 0.3 is 6.18 Å². The van der Waals surface area contributed by atoms with Gasteiger partial charge in [-0.3, -0.25) is 4.79 Å². The topological polar surface area (TPSA) is 29.5 Å². The van der Waals surface area contributed by atoms with E-state index in [1.165, 1.54) is 12.1 Å². The Bertz CT molecular complexity index is 837. The van der Waals surface area contributed by atoms with Crippen molar-refractivity contribution >= 4 is 11.5 Å². The average molecular weight is 375 g/mol. The Balaban J connectivity index is 1.35. The molecular weight excluding hydrogens is 355 g/mol. The van der Waals surface area contributed by atoms with Gasteiger partial charge in [0.2, 0.25) is 0 Å². The smallest absolute Gasteiger partial charge is 0.416 e. The van der Waals surface area contributed by atoms with Crippen molar-refractivity contribution in [2.24, 2.45) is 0 Å². The normalized spacial score (nSPS) is 17.9. The van der Waals surface area contributed by atoms with E-state index >= 15 is 0 Å². The van der Waals surface area contributed by atoms with Crippen molar-refractivity contribution in [3.63, 3.8) is 0 Å². The molecule has 0 aromatic heterocycles. The second kappa shape index (κ2) is 6.91. The number of carbonyl (C=O) groups excluding carboxylic acids is 1. The van der Waals surface area contributed by atoms with Gasteiger partial charge in [-0.1, -0.05) is 0 Å². The third-order valence-electron chi connectivity index (χ3n) is 5.30. The zero-order valence-corrected chi connectivity index (χ0v) is 14.8. The molecule has 0 atom stereocenters. The van der Waals surface area contributed by atoms with Gasteiger partial charge in [-0.2, -0.15) is 13.2 Å². The molecule has 0 spiro atoms. The van der Waals surface area contributed by atoms with Crippen LogP contribution in [0.25, 0.3) is 0 Å².